The van der Waals surface area contributed by atoms with Crippen LogP contribution in [0.15, 0.2) is 77.7 Å². The number of carbonyl (C=O) groups excluding carboxylic acids is 1. The Morgan fingerprint density at radius 2 is 1.76 bits per heavy atom. The van der Waals surface area contributed by atoms with Crippen LogP contribution in [0.3, 0.4) is 0 Å². The van der Waals surface area contributed by atoms with Crippen LogP contribution in [0.5, 0.6) is 5.75 Å². The Bertz CT molecular complexity index is 1210. The van der Waals surface area contributed by atoms with Crippen molar-refractivity contribution >= 4 is 21.8 Å². The van der Waals surface area contributed by atoms with Crippen LogP contribution in [0, 0.1) is 12.7 Å². The van der Waals surface area contributed by atoms with Crippen molar-refractivity contribution in [3.05, 3.63) is 89.7 Å². The van der Waals surface area contributed by atoms with Crippen molar-refractivity contribution in [3.63, 3.8) is 0 Å². The van der Waals surface area contributed by atoms with Gasteiger partial charge in [0.2, 0.25) is 0 Å². The molecule has 2 amide bonds. The summed E-state index contributed by atoms with van der Waals surface area (Å²) in [4.78, 5) is 14.6. The molecule has 0 spiro atoms. The van der Waals surface area contributed by atoms with E-state index in [1.165, 1.54) is 6.07 Å². The summed E-state index contributed by atoms with van der Waals surface area (Å²) in [7, 11) is -4.12. The standard InChI is InChI=1S/C25H27FN2O4S/c1-4-19(3)28(25(29)27-24-11-6-5-8-18(24)2)17-20-9-7-10-22(16-20)32-33(30,31)23-14-12-21(26)13-15-23/h5-16,19H,4,17H2,1-3H3,(H,27,29). The second kappa shape index (κ2) is 10.5. The van der Waals surface area contributed by atoms with E-state index >= 15 is 0 Å². The first-order valence-corrected chi connectivity index (χ1v) is 12.0. The van der Waals surface area contributed by atoms with Crippen molar-refractivity contribution in [2.45, 2.75) is 44.7 Å². The zero-order valence-electron chi connectivity index (χ0n) is 18.8. The number of para-hydroxylation sites is 1. The number of urea groups is 1. The molecular formula is C25H27FN2O4S. The quantitative estimate of drug-likeness (QED) is 0.426. The molecule has 0 saturated heterocycles. The Hall–Kier alpha value is -3.39. The van der Waals surface area contributed by atoms with Gasteiger partial charge in [0.15, 0.2) is 0 Å². The normalized spacial score (nSPS) is 12.1. The number of halogens is 1. The minimum absolute atomic E-state index is 0.0541. The molecule has 3 aromatic carbocycles. The van der Waals surface area contributed by atoms with Gasteiger partial charge in [-0.2, -0.15) is 8.42 Å². The minimum atomic E-state index is -4.12. The Kier molecular flexibility index (Phi) is 7.71. The number of rotatable bonds is 8. The molecule has 0 fully saturated rings. The number of amides is 2. The van der Waals surface area contributed by atoms with Crippen molar-refractivity contribution in [2.75, 3.05) is 5.32 Å². The van der Waals surface area contributed by atoms with E-state index in [-0.39, 0.29) is 29.3 Å². The topological polar surface area (TPSA) is 75.7 Å². The lowest BCUT2D eigenvalue weighted by Gasteiger charge is -2.29. The van der Waals surface area contributed by atoms with E-state index in [1.807, 2.05) is 45.0 Å². The highest BCUT2D eigenvalue weighted by Crippen LogP contribution is 2.22. The molecule has 0 bridgehead atoms. The van der Waals surface area contributed by atoms with E-state index in [2.05, 4.69) is 5.32 Å². The van der Waals surface area contributed by atoms with Gasteiger partial charge in [-0.3, -0.25) is 0 Å². The summed E-state index contributed by atoms with van der Waals surface area (Å²) in [5.41, 5.74) is 2.40. The molecule has 0 aromatic heterocycles. The van der Waals surface area contributed by atoms with Gasteiger partial charge in [0.1, 0.15) is 16.5 Å². The van der Waals surface area contributed by atoms with Crippen LogP contribution in [0.4, 0.5) is 14.9 Å². The minimum Gasteiger partial charge on any atom is -0.379 e. The molecule has 1 N–H and O–H groups in total. The predicted molar refractivity (Wildman–Crippen MR) is 126 cm³/mol. The van der Waals surface area contributed by atoms with E-state index in [0.29, 0.717) is 5.56 Å². The van der Waals surface area contributed by atoms with Crippen LogP contribution in [0.25, 0.3) is 0 Å². The molecular weight excluding hydrogens is 443 g/mol. The zero-order valence-corrected chi connectivity index (χ0v) is 19.6. The highest BCUT2D eigenvalue weighted by molar-refractivity contribution is 7.87. The molecule has 0 radical (unpaired) electrons. The van der Waals surface area contributed by atoms with Crippen LogP contribution in [0.1, 0.15) is 31.4 Å². The monoisotopic (exact) mass is 470 g/mol. The Balaban J connectivity index is 1.78. The van der Waals surface area contributed by atoms with Gasteiger partial charge in [0.25, 0.3) is 0 Å². The van der Waals surface area contributed by atoms with Gasteiger partial charge in [-0.25, -0.2) is 9.18 Å². The SMILES string of the molecule is CCC(C)N(Cc1cccc(OS(=O)(=O)c2ccc(F)cc2)c1)C(=O)Nc1ccccc1C. The van der Waals surface area contributed by atoms with Gasteiger partial charge >= 0.3 is 16.1 Å². The fourth-order valence-electron chi connectivity index (χ4n) is 3.22. The first-order chi connectivity index (χ1) is 15.7. The number of benzene rings is 3. The number of hydrogen-bond acceptors (Lipinski definition) is 4. The third-order valence-corrected chi connectivity index (χ3v) is 6.59. The molecule has 0 aliphatic heterocycles. The third kappa shape index (κ3) is 6.32. The molecule has 8 heteroatoms. The zero-order chi connectivity index (χ0) is 24.0. The van der Waals surface area contributed by atoms with Gasteiger partial charge in [-0.1, -0.05) is 37.3 Å². The molecule has 0 heterocycles. The summed E-state index contributed by atoms with van der Waals surface area (Å²) in [6.45, 7) is 6.14. The summed E-state index contributed by atoms with van der Waals surface area (Å²) in [6, 6.07) is 18.2. The Labute approximate surface area is 194 Å². The highest BCUT2D eigenvalue weighted by Gasteiger charge is 2.21. The molecule has 33 heavy (non-hydrogen) atoms. The molecule has 0 saturated carbocycles. The fourth-order valence-corrected chi connectivity index (χ4v) is 4.14. The summed E-state index contributed by atoms with van der Waals surface area (Å²) >= 11 is 0. The van der Waals surface area contributed by atoms with Crippen LogP contribution >= 0.6 is 0 Å². The number of aryl methyl sites for hydroxylation is 1. The van der Waals surface area contributed by atoms with Crippen molar-refractivity contribution in [2.24, 2.45) is 0 Å². The van der Waals surface area contributed by atoms with Crippen molar-refractivity contribution < 1.29 is 21.8 Å². The molecule has 3 aromatic rings. The van der Waals surface area contributed by atoms with Crippen LogP contribution < -0.4 is 9.50 Å². The van der Waals surface area contributed by atoms with Crippen LogP contribution in [0.2, 0.25) is 0 Å². The van der Waals surface area contributed by atoms with E-state index in [9.17, 15) is 17.6 Å². The summed E-state index contributed by atoms with van der Waals surface area (Å²) in [5.74, 6) is -0.426. The Morgan fingerprint density at radius 3 is 2.42 bits per heavy atom. The maximum atomic E-state index is 13.1. The lowest BCUT2D eigenvalue weighted by molar-refractivity contribution is 0.187. The average molecular weight is 471 g/mol. The molecule has 1 atom stereocenters. The van der Waals surface area contributed by atoms with Crippen LogP contribution in [-0.4, -0.2) is 25.4 Å². The van der Waals surface area contributed by atoms with E-state index in [1.54, 1.807) is 23.1 Å². The second-order valence-electron chi connectivity index (χ2n) is 7.77. The molecule has 174 valence electrons. The van der Waals surface area contributed by atoms with Crippen LogP contribution in [-0.2, 0) is 16.7 Å². The maximum absolute atomic E-state index is 13.1. The Morgan fingerprint density at radius 1 is 1.06 bits per heavy atom. The number of nitrogens with zero attached hydrogens (tertiary/aromatic N) is 1. The van der Waals surface area contributed by atoms with Crippen molar-refractivity contribution in [1.82, 2.24) is 4.90 Å². The van der Waals surface area contributed by atoms with Gasteiger partial charge in [-0.15, -0.1) is 0 Å². The lowest BCUT2D eigenvalue weighted by atomic mass is 10.1. The third-order valence-electron chi connectivity index (χ3n) is 5.33. The molecule has 6 nitrogen and oxygen atoms in total. The average Bonchev–Trinajstić information content (AvgIpc) is 2.78. The first kappa shape index (κ1) is 24.3. The van der Waals surface area contributed by atoms with Gasteiger partial charge in [0, 0.05) is 18.3 Å². The number of hydrogen-bond donors (Lipinski definition) is 1. The smallest absolute Gasteiger partial charge is 0.339 e. The van der Waals surface area contributed by atoms with Crippen molar-refractivity contribution in [1.29, 1.82) is 0 Å². The largest absolute Gasteiger partial charge is 0.379 e. The molecule has 0 aliphatic carbocycles. The van der Waals surface area contributed by atoms with Crippen molar-refractivity contribution in [3.8, 4) is 5.75 Å². The summed E-state index contributed by atoms with van der Waals surface area (Å²) < 4.78 is 43.4. The summed E-state index contributed by atoms with van der Waals surface area (Å²) in [5, 5.41) is 2.95. The van der Waals surface area contributed by atoms with E-state index < -0.39 is 15.9 Å². The van der Waals surface area contributed by atoms with E-state index in [0.717, 1.165) is 41.9 Å². The fraction of sp³-hybridized carbons (Fsp3) is 0.240. The number of nitrogens with one attached hydrogen (secondary N) is 1. The number of carbonyl (C=O) groups is 1. The highest BCUT2D eigenvalue weighted by atomic mass is 32.2. The predicted octanol–water partition coefficient (Wildman–Crippen LogP) is 5.73. The first-order valence-electron chi connectivity index (χ1n) is 10.6. The lowest BCUT2D eigenvalue weighted by Crippen LogP contribution is -2.40. The second-order valence-corrected chi connectivity index (χ2v) is 9.32. The van der Waals surface area contributed by atoms with Gasteiger partial charge in [0.05, 0.1) is 0 Å². The molecule has 1 unspecified atom stereocenters. The molecule has 0 aliphatic rings. The number of anilines is 1. The molecule has 3 rings (SSSR count). The van der Waals surface area contributed by atoms with Gasteiger partial charge in [-0.05, 0) is 73.9 Å². The van der Waals surface area contributed by atoms with E-state index in [4.69, 9.17) is 4.18 Å². The maximum Gasteiger partial charge on any atom is 0.339 e. The summed E-state index contributed by atoms with van der Waals surface area (Å²) in [6.07, 6.45) is 0.746. The van der Waals surface area contributed by atoms with Gasteiger partial charge < -0.3 is 14.4 Å².